The van der Waals surface area contributed by atoms with Crippen LogP contribution >= 0.6 is 0 Å². The first-order valence-corrected chi connectivity index (χ1v) is 5.26. The molecule has 4 nitrogen and oxygen atoms in total. The lowest BCUT2D eigenvalue weighted by molar-refractivity contribution is -0.146. The molecule has 0 aromatic heterocycles. The smallest absolute Gasteiger partial charge is 0.310 e. The minimum atomic E-state index is -0.796. The number of hydrogen-bond acceptors (Lipinski definition) is 3. The Hall–Kier alpha value is -0.610. The van der Waals surface area contributed by atoms with Crippen LogP contribution in [0.25, 0.3) is 0 Å². The van der Waals surface area contributed by atoms with Crippen LogP contribution in [0.3, 0.4) is 0 Å². The third-order valence-corrected chi connectivity index (χ3v) is 2.54. The summed E-state index contributed by atoms with van der Waals surface area (Å²) in [5, 5.41) is 20.9. The molecule has 0 atom stereocenters. The van der Waals surface area contributed by atoms with Crippen LogP contribution in [0.4, 0.5) is 0 Å². The Kier molecular flexibility index (Phi) is 5.24. The maximum atomic E-state index is 10.8. The van der Waals surface area contributed by atoms with Gasteiger partial charge < -0.3 is 15.5 Å². The van der Waals surface area contributed by atoms with Gasteiger partial charge in [-0.3, -0.25) is 4.79 Å². The number of hydrogen-bond donors (Lipinski definition) is 3. The van der Waals surface area contributed by atoms with Crippen molar-refractivity contribution in [3.63, 3.8) is 0 Å². The second kappa shape index (κ2) is 5.47. The summed E-state index contributed by atoms with van der Waals surface area (Å²) < 4.78 is 0. The topological polar surface area (TPSA) is 69.6 Å². The van der Waals surface area contributed by atoms with Crippen LogP contribution < -0.4 is 5.32 Å². The molecular formula is C11H23NO3. The highest BCUT2D eigenvalue weighted by Gasteiger charge is 2.27. The number of carbonyl (C=O) groups is 1. The van der Waals surface area contributed by atoms with E-state index in [0.29, 0.717) is 19.5 Å². The molecule has 0 spiro atoms. The molecule has 0 unspecified atom stereocenters. The number of carboxylic acids is 1. The van der Waals surface area contributed by atoms with Crippen LogP contribution in [-0.4, -0.2) is 35.9 Å². The highest BCUT2D eigenvalue weighted by molar-refractivity contribution is 5.73. The van der Waals surface area contributed by atoms with Gasteiger partial charge in [0.15, 0.2) is 0 Å². The van der Waals surface area contributed by atoms with Crippen molar-refractivity contribution in [1.82, 2.24) is 5.32 Å². The Morgan fingerprint density at radius 1 is 1.20 bits per heavy atom. The highest BCUT2D eigenvalue weighted by Crippen LogP contribution is 2.19. The van der Waals surface area contributed by atoms with Gasteiger partial charge in [0, 0.05) is 19.7 Å². The normalized spacial score (nSPS) is 12.9. The predicted octanol–water partition coefficient (Wildman–Crippen LogP) is 1.10. The average molecular weight is 217 g/mol. The molecule has 0 heterocycles. The molecule has 0 aliphatic carbocycles. The summed E-state index contributed by atoms with van der Waals surface area (Å²) in [6.07, 6.45) is 0.716. The van der Waals surface area contributed by atoms with Crippen LogP contribution in [-0.2, 0) is 4.79 Å². The minimum absolute atomic E-state index is 0.00331. The minimum Gasteiger partial charge on any atom is -0.481 e. The van der Waals surface area contributed by atoms with Gasteiger partial charge in [0.2, 0.25) is 0 Å². The summed E-state index contributed by atoms with van der Waals surface area (Å²) in [6, 6.07) is 0. The van der Waals surface area contributed by atoms with Crippen LogP contribution in [0.1, 0.15) is 34.1 Å². The lowest BCUT2D eigenvalue weighted by Crippen LogP contribution is -2.40. The highest BCUT2D eigenvalue weighted by atomic mass is 16.4. The Balaban J connectivity index is 3.93. The third-order valence-electron chi connectivity index (χ3n) is 2.54. The maximum absolute atomic E-state index is 10.8. The van der Waals surface area contributed by atoms with Gasteiger partial charge >= 0.3 is 5.97 Å². The summed E-state index contributed by atoms with van der Waals surface area (Å²) in [6.45, 7) is 8.80. The Morgan fingerprint density at radius 3 is 2.13 bits per heavy atom. The number of aliphatic hydroxyl groups excluding tert-OH is 1. The van der Waals surface area contributed by atoms with Crippen molar-refractivity contribution < 1.29 is 15.0 Å². The molecule has 0 radical (unpaired) electrons. The maximum Gasteiger partial charge on any atom is 0.310 e. The van der Waals surface area contributed by atoms with Crippen molar-refractivity contribution in [2.45, 2.75) is 34.1 Å². The number of aliphatic hydroxyl groups is 1. The molecule has 0 aliphatic heterocycles. The van der Waals surface area contributed by atoms with Crippen molar-refractivity contribution >= 4 is 5.97 Å². The number of aliphatic carboxylic acids is 1. The largest absolute Gasteiger partial charge is 0.481 e. The molecular weight excluding hydrogens is 194 g/mol. The lowest BCUT2D eigenvalue weighted by atomic mass is 9.88. The molecule has 15 heavy (non-hydrogen) atoms. The van der Waals surface area contributed by atoms with E-state index in [1.54, 1.807) is 13.8 Å². The molecule has 0 rings (SSSR count). The van der Waals surface area contributed by atoms with E-state index in [-0.39, 0.29) is 12.0 Å². The van der Waals surface area contributed by atoms with E-state index in [9.17, 15) is 4.79 Å². The second-order valence-corrected chi connectivity index (χ2v) is 5.43. The van der Waals surface area contributed by atoms with Gasteiger partial charge in [0.1, 0.15) is 0 Å². The fourth-order valence-corrected chi connectivity index (χ4v) is 1.18. The monoisotopic (exact) mass is 217 g/mol. The fraction of sp³-hybridized carbons (Fsp3) is 0.909. The first kappa shape index (κ1) is 14.4. The molecule has 0 fully saturated rings. The van der Waals surface area contributed by atoms with E-state index in [4.69, 9.17) is 10.2 Å². The van der Waals surface area contributed by atoms with Gasteiger partial charge in [-0.1, -0.05) is 13.8 Å². The Bertz CT molecular complexity index is 212. The molecule has 0 aromatic carbocycles. The summed E-state index contributed by atoms with van der Waals surface area (Å²) in [7, 11) is 0. The van der Waals surface area contributed by atoms with Crippen LogP contribution in [0.15, 0.2) is 0 Å². The number of rotatable bonds is 7. The summed E-state index contributed by atoms with van der Waals surface area (Å²) >= 11 is 0. The average Bonchev–Trinajstić information content (AvgIpc) is 2.02. The lowest BCUT2D eigenvalue weighted by Gasteiger charge is -2.27. The first-order chi connectivity index (χ1) is 6.71. The van der Waals surface area contributed by atoms with Crippen molar-refractivity contribution in [3.05, 3.63) is 0 Å². The van der Waals surface area contributed by atoms with E-state index in [0.717, 1.165) is 0 Å². The van der Waals surface area contributed by atoms with E-state index >= 15 is 0 Å². The number of carboxylic acid groups (broad SMARTS) is 1. The van der Waals surface area contributed by atoms with E-state index in [1.165, 1.54) is 0 Å². The van der Waals surface area contributed by atoms with Crippen LogP contribution in [0, 0.1) is 10.8 Å². The summed E-state index contributed by atoms with van der Waals surface area (Å²) in [5.74, 6) is -0.796. The number of nitrogens with one attached hydrogen (secondary N) is 1. The van der Waals surface area contributed by atoms with Gasteiger partial charge in [-0.15, -0.1) is 0 Å². The summed E-state index contributed by atoms with van der Waals surface area (Å²) in [5.41, 5.74) is -0.737. The van der Waals surface area contributed by atoms with Gasteiger partial charge in [-0.25, -0.2) is 0 Å². The molecule has 0 bridgehead atoms. The van der Waals surface area contributed by atoms with E-state index in [1.807, 2.05) is 13.8 Å². The zero-order valence-corrected chi connectivity index (χ0v) is 10.1. The van der Waals surface area contributed by atoms with Crippen molar-refractivity contribution in [2.24, 2.45) is 10.8 Å². The Morgan fingerprint density at radius 2 is 1.73 bits per heavy atom. The van der Waals surface area contributed by atoms with Gasteiger partial charge in [0.05, 0.1) is 5.41 Å². The molecule has 0 saturated heterocycles. The molecule has 0 aromatic rings. The zero-order chi connectivity index (χ0) is 12.1. The predicted molar refractivity (Wildman–Crippen MR) is 59.8 cm³/mol. The van der Waals surface area contributed by atoms with Crippen LogP contribution in [0.5, 0.6) is 0 Å². The van der Waals surface area contributed by atoms with E-state index < -0.39 is 11.4 Å². The van der Waals surface area contributed by atoms with Crippen molar-refractivity contribution in [2.75, 3.05) is 19.7 Å². The first-order valence-electron chi connectivity index (χ1n) is 5.26. The van der Waals surface area contributed by atoms with Gasteiger partial charge in [-0.05, 0) is 25.7 Å². The standard InChI is InChI=1S/C11H23NO3/c1-10(2,5-6-13)7-12-8-11(3,4)9(14)15/h12-13H,5-8H2,1-4H3,(H,14,15). The molecule has 90 valence electrons. The molecule has 0 aliphatic rings. The van der Waals surface area contributed by atoms with Crippen LogP contribution in [0.2, 0.25) is 0 Å². The molecule has 0 saturated carbocycles. The quantitative estimate of drug-likeness (QED) is 0.597. The van der Waals surface area contributed by atoms with Gasteiger partial charge in [0.25, 0.3) is 0 Å². The van der Waals surface area contributed by atoms with E-state index in [2.05, 4.69) is 5.32 Å². The molecule has 0 amide bonds. The Labute approximate surface area is 91.7 Å². The van der Waals surface area contributed by atoms with Crippen molar-refractivity contribution in [1.29, 1.82) is 0 Å². The second-order valence-electron chi connectivity index (χ2n) is 5.43. The zero-order valence-electron chi connectivity index (χ0n) is 10.1. The summed E-state index contributed by atoms with van der Waals surface area (Å²) in [4.78, 5) is 10.8. The fourth-order valence-electron chi connectivity index (χ4n) is 1.18. The van der Waals surface area contributed by atoms with Crippen molar-refractivity contribution in [3.8, 4) is 0 Å². The molecule has 4 heteroatoms. The SMILES string of the molecule is CC(C)(CCO)CNCC(C)(C)C(=O)O. The third kappa shape index (κ3) is 5.74. The molecule has 3 N–H and O–H groups in total. The van der Waals surface area contributed by atoms with Gasteiger partial charge in [-0.2, -0.15) is 0 Å².